The largest absolute Gasteiger partial charge is 0.357 e. The van der Waals surface area contributed by atoms with Gasteiger partial charge in [0.15, 0.2) is 5.43 Å². The van der Waals surface area contributed by atoms with Crippen LogP contribution in [0.15, 0.2) is 83.7 Å². The van der Waals surface area contributed by atoms with Crippen LogP contribution in [0.1, 0.15) is 5.69 Å². The van der Waals surface area contributed by atoms with Gasteiger partial charge in [0.2, 0.25) is 0 Å². The number of H-pyrrole nitrogens is 1. The second-order valence-electron chi connectivity index (χ2n) is 5.26. The Labute approximate surface area is 134 Å². The van der Waals surface area contributed by atoms with Crippen molar-refractivity contribution in [2.45, 2.75) is 6.54 Å². The molecule has 23 heavy (non-hydrogen) atoms. The Kier molecular flexibility index (Phi) is 4.50. The van der Waals surface area contributed by atoms with E-state index in [1.165, 1.54) is 0 Å². The van der Waals surface area contributed by atoms with Crippen LogP contribution >= 0.6 is 0 Å². The molecule has 0 fully saturated rings. The highest BCUT2D eigenvalue weighted by molar-refractivity contribution is 5.84. The van der Waals surface area contributed by atoms with Crippen molar-refractivity contribution in [3.63, 3.8) is 0 Å². The molecule has 3 rings (SSSR count). The summed E-state index contributed by atoms with van der Waals surface area (Å²) in [5.41, 5.74) is 9.30. The second kappa shape index (κ2) is 6.90. The lowest BCUT2D eigenvalue weighted by Gasteiger charge is -2.05. The summed E-state index contributed by atoms with van der Waals surface area (Å²) in [6, 6.07) is 25.4. The summed E-state index contributed by atoms with van der Waals surface area (Å²) in [4.78, 5) is 15.3. The van der Waals surface area contributed by atoms with E-state index in [0.29, 0.717) is 11.9 Å². The van der Waals surface area contributed by atoms with E-state index < -0.39 is 0 Å². The summed E-state index contributed by atoms with van der Waals surface area (Å²) < 4.78 is 0. The third kappa shape index (κ3) is 3.47. The van der Waals surface area contributed by atoms with Gasteiger partial charge >= 0.3 is 0 Å². The SMILES string of the molecule is NCc1cc(=O)c2ccc(-c3ccccccccc3)cc2[nH]1. The topological polar surface area (TPSA) is 58.9 Å². The van der Waals surface area contributed by atoms with Crippen LogP contribution in [0.4, 0.5) is 0 Å². The summed E-state index contributed by atoms with van der Waals surface area (Å²) in [6.07, 6.45) is 0. The van der Waals surface area contributed by atoms with E-state index >= 15 is 0 Å². The third-order valence-electron chi connectivity index (χ3n) is 3.66. The molecule has 0 spiro atoms. The van der Waals surface area contributed by atoms with E-state index in [1.807, 2.05) is 72.8 Å². The van der Waals surface area contributed by atoms with E-state index in [1.54, 1.807) is 6.07 Å². The fourth-order valence-corrected chi connectivity index (χ4v) is 2.48. The van der Waals surface area contributed by atoms with Gasteiger partial charge < -0.3 is 10.7 Å². The van der Waals surface area contributed by atoms with Gasteiger partial charge in [-0.2, -0.15) is 0 Å². The number of aromatic nitrogens is 1. The summed E-state index contributed by atoms with van der Waals surface area (Å²) in [6.45, 7) is 0.317. The fourth-order valence-electron chi connectivity index (χ4n) is 2.48. The van der Waals surface area contributed by atoms with Gasteiger partial charge in [0.05, 0.1) is 5.52 Å². The zero-order chi connectivity index (χ0) is 16.1. The molecule has 2 aromatic carbocycles. The smallest absolute Gasteiger partial charge is 0.189 e. The predicted molar refractivity (Wildman–Crippen MR) is 95.5 cm³/mol. The Hall–Kier alpha value is -2.91. The zero-order valence-corrected chi connectivity index (χ0v) is 12.7. The second-order valence-corrected chi connectivity index (χ2v) is 5.26. The van der Waals surface area contributed by atoms with Crippen molar-refractivity contribution in [1.82, 2.24) is 4.98 Å². The molecule has 3 heteroatoms. The van der Waals surface area contributed by atoms with Gasteiger partial charge in [0.1, 0.15) is 0 Å². The number of hydrogen-bond donors (Lipinski definition) is 2. The van der Waals surface area contributed by atoms with Gasteiger partial charge in [0.25, 0.3) is 0 Å². The van der Waals surface area contributed by atoms with Crippen LogP contribution in [0.3, 0.4) is 0 Å². The van der Waals surface area contributed by atoms with Crippen LogP contribution in [0, 0.1) is 0 Å². The molecule has 0 saturated carbocycles. The fraction of sp³-hybridized carbons (Fsp3) is 0.0500. The molecule has 0 amide bonds. The number of rotatable bonds is 2. The first kappa shape index (κ1) is 15.0. The normalized spacial score (nSPS) is 10.3. The molecular weight excluding hydrogens is 284 g/mol. The lowest BCUT2D eigenvalue weighted by molar-refractivity contribution is 1.00. The van der Waals surface area contributed by atoms with Crippen LogP contribution < -0.4 is 11.2 Å². The lowest BCUT2D eigenvalue weighted by Crippen LogP contribution is -2.08. The Morgan fingerprint density at radius 2 is 1.43 bits per heavy atom. The van der Waals surface area contributed by atoms with Crippen LogP contribution in [-0.2, 0) is 6.54 Å². The maximum atomic E-state index is 12.1. The molecule has 0 aliphatic carbocycles. The van der Waals surface area contributed by atoms with E-state index in [0.717, 1.165) is 22.3 Å². The van der Waals surface area contributed by atoms with Gasteiger partial charge in [-0.15, -0.1) is 0 Å². The molecular formula is C20H18N2O. The molecule has 0 radical (unpaired) electrons. The Balaban J connectivity index is 2.19. The highest BCUT2D eigenvalue weighted by Gasteiger charge is 2.03. The summed E-state index contributed by atoms with van der Waals surface area (Å²) in [5.74, 6) is 0. The molecule has 114 valence electrons. The lowest BCUT2D eigenvalue weighted by atomic mass is 10.0. The van der Waals surface area contributed by atoms with Crippen molar-refractivity contribution in [3.05, 3.63) is 94.8 Å². The standard InChI is InChI=1S/C20H18N2O/c21-14-17-13-20(23)18-11-10-16(12-19(18)22-17)15-8-6-4-2-1-3-5-7-9-15/h1-13H,14,21H2,(H,22,23). The summed E-state index contributed by atoms with van der Waals surface area (Å²) >= 11 is 0. The maximum Gasteiger partial charge on any atom is 0.189 e. The molecule has 0 saturated heterocycles. The Morgan fingerprint density at radius 3 is 2.09 bits per heavy atom. The van der Waals surface area contributed by atoms with E-state index in [2.05, 4.69) is 4.98 Å². The number of nitrogens with one attached hydrogen (secondary N) is 1. The first-order valence-electron chi connectivity index (χ1n) is 7.53. The summed E-state index contributed by atoms with van der Waals surface area (Å²) in [5, 5.41) is 0.675. The first-order valence-corrected chi connectivity index (χ1v) is 7.53. The van der Waals surface area contributed by atoms with Gasteiger partial charge in [-0.05, 0) is 23.3 Å². The molecule has 3 aromatic rings. The van der Waals surface area contributed by atoms with Gasteiger partial charge in [-0.25, -0.2) is 0 Å². The highest BCUT2D eigenvalue weighted by atomic mass is 16.1. The molecule has 1 aromatic heterocycles. The minimum atomic E-state index is -0.00538. The molecule has 3 nitrogen and oxygen atoms in total. The first-order chi connectivity index (χ1) is 11.3. The molecule has 0 aliphatic rings. The molecule has 0 atom stereocenters. The minimum Gasteiger partial charge on any atom is -0.357 e. The van der Waals surface area contributed by atoms with E-state index in [-0.39, 0.29) is 5.43 Å². The van der Waals surface area contributed by atoms with E-state index in [9.17, 15) is 4.79 Å². The van der Waals surface area contributed by atoms with E-state index in [4.69, 9.17) is 5.73 Å². The molecule has 3 N–H and O–H groups in total. The monoisotopic (exact) mass is 302 g/mol. The van der Waals surface area contributed by atoms with Crippen molar-refractivity contribution >= 4 is 10.9 Å². The highest BCUT2D eigenvalue weighted by Crippen LogP contribution is 2.21. The van der Waals surface area contributed by atoms with Crippen molar-refractivity contribution in [2.24, 2.45) is 5.73 Å². The van der Waals surface area contributed by atoms with Crippen molar-refractivity contribution in [3.8, 4) is 11.1 Å². The molecule has 0 aliphatic heterocycles. The third-order valence-corrected chi connectivity index (χ3v) is 3.66. The van der Waals surface area contributed by atoms with Gasteiger partial charge in [-0.3, -0.25) is 4.79 Å². The van der Waals surface area contributed by atoms with Gasteiger partial charge in [0, 0.05) is 23.7 Å². The molecule has 0 bridgehead atoms. The van der Waals surface area contributed by atoms with Crippen LogP contribution in [-0.4, -0.2) is 4.98 Å². The number of nitrogens with two attached hydrogens (primary N) is 1. The number of hydrogen-bond acceptors (Lipinski definition) is 2. The Bertz CT molecular complexity index is 918. The number of fused-ring (bicyclic) bond motifs is 1. The van der Waals surface area contributed by atoms with Crippen molar-refractivity contribution < 1.29 is 0 Å². The minimum absolute atomic E-state index is 0.00538. The van der Waals surface area contributed by atoms with Crippen molar-refractivity contribution in [1.29, 1.82) is 0 Å². The van der Waals surface area contributed by atoms with Gasteiger partial charge in [-0.1, -0.05) is 60.7 Å². The van der Waals surface area contributed by atoms with Crippen LogP contribution in [0.2, 0.25) is 0 Å². The molecule has 1 heterocycles. The van der Waals surface area contributed by atoms with Crippen LogP contribution in [0.5, 0.6) is 0 Å². The molecule has 0 unspecified atom stereocenters. The number of pyridine rings is 1. The summed E-state index contributed by atoms with van der Waals surface area (Å²) in [7, 11) is 0. The maximum absolute atomic E-state index is 12.1. The predicted octanol–water partition coefficient (Wildman–Crippen LogP) is 3.78. The van der Waals surface area contributed by atoms with Crippen molar-refractivity contribution in [2.75, 3.05) is 0 Å². The quantitative estimate of drug-likeness (QED) is 0.757. The average Bonchev–Trinajstić information content (AvgIpc) is 2.59. The Morgan fingerprint density at radius 1 is 0.783 bits per heavy atom. The number of benzene rings is 1. The average molecular weight is 302 g/mol. The van der Waals surface area contributed by atoms with Crippen LogP contribution in [0.25, 0.3) is 22.0 Å². The number of aromatic amines is 1. The zero-order valence-electron chi connectivity index (χ0n) is 12.7.